The van der Waals surface area contributed by atoms with Crippen LogP contribution < -0.4 is 5.32 Å². The van der Waals surface area contributed by atoms with E-state index in [2.05, 4.69) is 10.3 Å². The predicted octanol–water partition coefficient (Wildman–Crippen LogP) is 1.58. The van der Waals surface area contributed by atoms with Gasteiger partial charge in [-0.15, -0.1) is 0 Å². The van der Waals surface area contributed by atoms with Gasteiger partial charge in [0.25, 0.3) is 0 Å². The van der Waals surface area contributed by atoms with Gasteiger partial charge in [-0.1, -0.05) is 0 Å². The van der Waals surface area contributed by atoms with Crippen molar-refractivity contribution in [1.82, 2.24) is 10.3 Å². The SMILES string of the molecule is Fc1cc[nH]c1[C@@H]1CCCN1. The van der Waals surface area contributed by atoms with Crippen LogP contribution in [0.4, 0.5) is 4.39 Å². The number of rotatable bonds is 1. The topological polar surface area (TPSA) is 27.8 Å². The second-order valence-corrected chi connectivity index (χ2v) is 2.89. The second-order valence-electron chi connectivity index (χ2n) is 2.89. The molecular formula is C8H11FN2. The van der Waals surface area contributed by atoms with Crippen LogP contribution in [-0.4, -0.2) is 11.5 Å². The fourth-order valence-corrected chi connectivity index (χ4v) is 1.56. The first-order chi connectivity index (χ1) is 5.38. The van der Waals surface area contributed by atoms with Crippen molar-refractivity contribution in [3.63, 3.8) is 0 Å². The quantitative estimate of drug-likeness (QED) is 0.631. The maximum absolute atomic E-state index is 12.9. The number of hydrogen-bond acceptors (Lipinski definition) is 1. The van der Waals surface area contributed by atoms with Gasteiger partial charge in [0, 0.05) is 6.20 Å². The van der Waals surface area contributed by atoms with Gasteiger partial charge in [0.1, 0.15) is 5.82 Å². The first-order valence-corrected chi connectivity index (χ1v) is 3.94. The van der Waals surface area contributed by atoms with E-state index in [0.717, 1.165) is 19.4 Å². The number of hydrogen-bond donors (Lipinski definition) is 2. The molecule has 1 aliphatic rings. The van der Waals surface area contributed by atoms with Crippen LogP contribution in [0.25, 0.3) is 0 Å². The Morgan fingerprint density at radius 2 is 2.45 bits per heavy atom. The zero-order valence-electron chi connectivity index (χ0n) is 6.23. The number of aromatic nitrogens is 1. The molecule has 1 aromatic heterocycles. The normalized spacial score (nSPS) is 24.3. The molecule has 11 heavy (non-hydrogen) atoms. The smallest absolute Gasteiger partial charge is 0.145 e. The summed E-state index contributed by atoms with van der Waals surface area (Å²) in [6.07, 6.45) is 3.82. The van der Waals surface area contributed by atoms with Crippen LogP contribution in [0.5, 0.6) is 0 Å². The van der Waals surface area contributed by atoms with Crippen molar-refractivity contribution in [1.29, 1.82) is 0 Å². The van der Waals surface area contributed by atoms with Crippen LogP contribution in [0, 0.1) is 5.82 Å². The van der Waals surface area contributed by atoms with Gasteiger partial charge in [-0.3, -0.25) is 0 Å². The van der Waals surface area contributed by atoms with Crippen LogP contribution >= 0.6 is 0 Å². The monoisotopic (exact) mass is 154 g/mol. The molecule has 2 N–H and O–H groups in total. The van der Waals surface area contributed by atoms with Gasteiger partial charge in [-0.25, -0.2) is 4.39 Å². The van der Waals surface area contributed by atoms with E-state index in [4.69, 9.17) is 0 Å². The summed E-state index contributed by atoms with van der Waals surface area (Å²) in [5, 5.41) is 3.23. The highest BCUT2D eigenvalue weighted by molar-refractivity contribution is 5.13. The molecule has 1 aromatic rings. The molecule has 1 atom stereocenters. The Hall–Kier alpha value is -0.830. The van der Waals surface area contributed by atoms with Crippen molar-refractivity contribution < 1.29 is 4.39 Å². The number of nitrogens with one attached hydrogen (secondary N) is 2. The lowest BCUT2D eigenvalue weighted by molar-refractivity contribution is 0.552. The Morgan fingerprint density at radius 3 is 3.00 bits per heavy atom. The van der Waals surface area contributed by atoms with E-state index in [9.17, 15) is 4.39 Å². The molecule has 1 saturated heterocycles. The largest absolute Gasteiger partial charge is 0.361 e. The Labute approximate surface area is 64.8 Å². The van der Waals surface area contributed by atoms with Crippen LogP contribution in [-0.2, 0) is 0 Å². The molecule has 0 bridgehead atoms. The molecule has 0 spiro atoms. The van der Waals surface area contributed by atoms with E-state index in [-0.39, 0.29) is 11.9 Å². The summed E-state index contributed by atoms with van der Waals surface area (Å²) in [5.74, 6) is -0.121. The third kappa shape index (κ3) is 1.16. The van der Waals surface area contributed by atoms with E-state index in [1.807, 2.05) is 0 Å². The molecule has 1 fully saturated rings. The van der Waals surface area contributed by atoms with E-state index in [0.29, 0.717) is 5.69 Å². The Balaban J connectivity index is 2.21. The van der Waals surface area contributed by atoms with Crippen molar-refractivity contribution in [2.75, 3.05) is 6.54 Å². The van der Waals surface area contributed by atoms with Gasteiger partial charge in [-0.2, -0.15) is 0 Å². The average Bonchev–Trinajstić information content (AvgIpc) is 2.55. The fraction of sp³-hybridized carbons (Fsp3) is 0.500. The summed E-state index contributed by atoms with van der Waals surface area (Å²) in [7, 11) is 0. The first-order valence-electron chi connectivity index (χ1n) is 3.94. The highest BCUT2D eigenvalue weighted by atomic mass is 19.1. The van der Waals surface area contributed by atoms with Crippen LogP contribution in [0.2, 0.25) is 0 Å². The Bertz CT molecular complexity index is 238. The summed E-state index contributed by atoms with van der Waals surface area (Å²) >= 11 is 0. The molecular weight excluding hydrogens is 143 g/mol. The molecule has 60 valence electrons. The van der Waals surface area contributed by atoms with Crippen molar-refractivity contribution in [3.8, 4) is 0 Å². The molecule has 1 aliphatic heterocycles. The minimum absolute atomic E-state index is 0.121. The van der Waals surface area contributed by atoms with Crippen molar-refractivity contribution in [2.24, 2.45) is 0 Å². The first kappa shape index (κ1) is 6.85. The minimum Gasteiger partial charge on any atom is -0.361 e. The lowest BCUT2D eigenvalue weighted by Gasteiger charge is -2.06. The third-order valence-corrected chi connectivity index (χ3v) is 2.13. The molecule has 0 aromatic carbocycles. The Kier molecular flexibility index (Phi) is 1.66. The molecule has 2 heterocycles. The predicted molar refractivity (Wildman–Crippen MR) is 40.7 cm³/mol. The van der Waals surface area contributed by atoms with Crippen LogP contribution in [0.3, 0.4) is 0 Å². The van der Waals surface area contributed by atoms with E-state index in [1.54, 1.807) is 6.20 Å². The number of H-pyrrole nitrogens is 1. The number of halogens is 1. The van der Waals surface area contributed by atoms with Crippen LogP contribution in [0.1, 0.15) is 24.6 Å². The zero-order valence-corrected chi connectivity index (χ0v) is 6.23. The lowest BCUT2D eigenvalue weighted by Crippen LogP contribution is -2.14. The summed E-state index contributed by atoms with van der Waals surface area (Å²) in [4.78, 5) is 2.91. The molecule has 0 amide bonds. The molecule has 0 aliphatic carbocycles. The van der Waals surface area contributed by atoms with Gasteiger partial charge in [0.15, 0.2) is 0 Å². The van der Waals surface area contributed by atoms with E-state index in [1.165, 1.54) is 6.07 Å². The van der Waals surface area contributed by atoms with Crippen LogP contribution in [0.15, 0.2) is 12.3 Å². The molecule has 0 unspecified atom stereocenters. The van der Waals surface area contributed by atoms with E-state index < -0.39 is 0 Å². The Morgan fingerprint density at radius 1 is 1.55 bits per heavy atom. The summed E-state index contributed by atoms with van der Waals surface area (Å²) in [5.41, 5.74) is 0.711. The average molecular weight is 154 g/mol. The minimum atomic E-state index is -0.121. The molecule has 3 heteroatoms. The van der Waals surface area contributed by atoms with Crippen molar-refractivity contribution in [3.05, 3.63) is 23.8 Å². The zero-order chi connectivity index (χ0) is 7.68. The van der Waals surface area contributed by atoms with Gasteiger partial charge >= 0.3 is 0 Å². The third-order valence-electron chi connectivity index (χ3n) is 2.13. The van der Waals surface area contributed by atoms with Crippen molar-refractivity contribution in [2.45, 2.75) is 18.9 Å². The summed E-state index contributed by atoms with van der Waals surface area (Å²) in [6, 6.07) is 1.68. The molecule has 2 rings (SSSR count). The highest BCUT2D eigenvalue weighted by Gasteiger charge is 2.19. The van der Waals surface area contributed by atoms with E-state index >= 15 is 0 Å². The van der Waals surface area contributed by atoms with Gasteiger partial charge in [0.05, 0.1) is 11.7 Å². The fourth-order valence-electron chi connectivity index (χ4n) is 1.56. The second kappa shape index (κ2) is 2.66. The molecule has 0 radical (unpaired) electrons. The lowest BCUT2D eigenvalue weighted by atomic mass is 10.1. The maximum atomic E-state index is 12.9. The van der Waals surface area contributed by atoms with Gasteiger partial charge in [0.2, 0.25) is 0 Å². The number of aromatic amines is 1. The molecule has 0 saturated carbocycles. The standard InChI is InChI=1S/C8H11FN2/c9-6-3-5-11-8(6)7-2-1-4-10-7/h3,5,7,10-11H,1-2,4H2/t7-/m0/s1. The van der Waals surface area contributed by atoms with Gasteiger partial charge in [-0.05, 0) is 25.5 Å². The summed E-state index contributed by atoms with van der Waals surface area (Å²) < 4.78 is 12.9. The van der Waals surface area contributed by atoms with Crippen molar-refractivity contribution >= 4 is 0 Å². The highest BCUT2D eigenvalue weighted by Crippen LogP contribution is 2.23. The molecule has 2 nitrogen and oxygen atoms in total. The maximum Gasteiger partial charge on any atom is 0.145 e. The van der Waals surface area contributed by atoms with Gasteiger partial charge < -0.3 is 10.3 Å². The summed E-state index contributed by atoms with van der Waals surface area (Å²) in [6.45, 7) is 1.00.